The molecule has 0 amide bonds. The molecule has 1 heterocycles. The summed E-state index contributed by atoms with van der Waals surface area (Å²) in [6.45, 7) is 2.39. The van der Waals surface area contributed by atoms with Crippen LogP contribution in [0, 0.1) is 5.41 Å². The molecule has 104 valence electrons. The summed E-state index contributed by atoms with van der Waals surface area (Å²) in [4.78, 5) is 2.08. The SMILES string of the molecule is N=CC(I)CNC1CCC(N2CCOC2O)CC1. The maximum absolute atomic E-state index is 9.68. The molecule has 1 aliphatic carbocycles. The maximum Gasteiger partial charge on any atom is 0.216 e. The van der Waals surface area contributed by atoms with Crippen LogP contribution in [0.3, 0.4) is 0 Å². The van der Waals surface area contributed by atoms with Crippen LogP contribution in [0.4, 0.5) is 0 Å². The third-order valence-corrected chi connectivity index (χ3v) is 4.65. The van der Waals surface area contributed by atoms with E-state index in [9.17, 15) is 5.11 Å². The van der Waals surface area contributed by atoms with Crippen LogP contribution in [0.15, 0.2) is 0 Å². The van der Waals surface area contributed by atoms with E-state index in [4.69, 9.17) is 10.1 Å². The number of nitrogens with zero attached hydrogens (tertiary/aromatic N) is 1. The number of hydrogen-bond acceptors (Lipinski definition) is 5. The van der Waals surface area contributed by atoms with Crippen molar-refractivity contribution in [3.63, 3.8) is 0 Å². The molecule has 2 rings (SSSR count). The Hall–Kier alpha value is 0.240. The molecule has 6 heteroatoms. The lowest BCUT2D eigenvalue weighted by Gasteiger charge is -2.35. The molecule has 2 aliphatic rings. The fourth-order valence-corrected chi connectivity index (χ4v) is 3.04. The van der Waals surface area contributed by atoms with Gasteiger partial charge >= 0.3 is 0 Å². The van der Waals surface area contributed by atoms with Crippen LogP contribution < -0.4 is 5.32 Å². The smallest absolute Gasteiger partial charge is 0.216 e. The van der Waals surface area contributed by atoms with Crippen LogP contribution in [0.5, 0.6) is 0 Å². The van der Waals surface area contributed by atoms with Crippen LogP contribution in [0.1, 0.15) is 25.7 Å². The molecule has 2 unspecified atom stereocenters. The van der Waals surface area contributed by atoms with E-state index in [0.29, 0.717) is 18.7 Å². The molecular formula is C12H22IN3O2. The Kier molecular flexibility index (Phi) is 5.81. The lowest BCUT2D eigenvalue weighted by molar-refractivity contribution is -0.148. The summed E-state index contributed by atoms with van der Waals surface area (Å²) in [5.41, 5.74) is 0. The molecule has 0 aromatic rings. The Labute approximate surface area is 122 Å². The maximum atomic E-state index is 9.68. The van der Waals surface area contributed by atoms with E-state index < -0.39 is 6.41 Å². The third kappa shape index (κ3) is 3.86. The zero-order valence-corrected chi connectivity index (χ0v) is 12.7. The summed E-state index contributed by atoms with van der Waals surface area (Å²) in [6.07, 6.45) is 5.33. The number of halogens is 1. The molecule has 1 saturated heterocycles. The average Bonchev–Trinajstić information content (AvgIpc) is 2.83. The zero-order valence-electron chi connectivity index (χ0n) is 10.5. The van der Waals surface area contributed by atoms with Gasteiger partial charge in [-0.25, -0.2) is 0 Å². The molecule has 1 aliphatic heterocycles. The number of alkyl halides is 1. The van der Waals surface area contributed by atoms with E-state index in [0.717, 1.165) is 38.8 Å². The van der Waals surface area contributed by atoms with Crippen molar-refractivity contribution in [3.05, 3.63) is 0 Å². The summed E-state index contributed by atoms with van der Waals surface area (Å²) in [5.74, 6) is 0. The van der Waals surface area contributed by atoms with Crippen molar-refractivity contribution in [3.8, 4) is 0 Å². The molecule has 0 bridgehead atoms. The Morgan fingerprint density at radius 2 is 2.17 bits per heavy atom. The summed E-state index contributed by atoms with van der Waals surface area (Å²) in [6, 6.07) is 1.04. The number of aliphatic hydroxyl groups excluding tert-OH is 1. The van der Waals surface area contributed by atoms with E-state index in [-0.39, 0.29) is 3.92 Å². The Balaban J connectivity index is 1.69. The van der Waals surface area contributed by atoms with Crippen molar-refractivity contribution in [2.75, 3.05) is 19.7 Å². The van der Waals surface area contributed by atoms with Crippen molar-refractivity contribution in [1.82, 2.24) is 10.2 Å². The Morgan fingerprint density at radius 1 is 1.44 bits per heavy atom. The number of nitrogens with one attached hydrogen (secondary N) is 2. The van der Waals surface area contributed by atoms with Gasteiger partial charge in [0.2, 0.25) is 6.41 Å². The highest BCUT2D eigenvalue weighted by Gasteiger charge is 2.32. The predicted octanol–water partition coefficient (Wildman–Crippen LogP) is 0.948. The summed E-state index contributed by atoms with van der Waals surface area (Å²) < 4.78 is 5.47. The molecular weight excluding hydrogens is 345 g/mol. The second-order valence-electron chi connectivity index (χ2n) is 5.03. The monoisotopic (exact) mass is 367 g/mol. The molecule has 0 aromatic heterocycles. The molecule has 0 spiro atoms. The van der Waals surface area contributed by atoms with Gasteiger partial charge in [-0.3, -0.25) is 4.90 Å². The van der Waals surface area contributed by atoms with Gasteiger partial charge in [-0.05, 0) is 25.7 Å². The first-order chi connectivity index (χ1) is 8.70. The van der Waals surface area contributed by atoms with Crippen molar-refractivity contribution >= 4 is 28.8 Å². The van der Waals surface area contributed by atoms with Crippen molar-refractivity contribution in [1.29, 1.82) is 5.41 Å². The van der Waals surface area contributed by atoms with E-state index in [2.05, 4.69) is 32.8 Å². The van der Waals surface area contributed by atoms with Crippen LogP contribution in [0.2, 0.25) is 0 Å². The Morgan fingerprint density at radius 3 is 2.72 bits per heavy atom. The number of hydrogen-bond donors (Lipinski definition) is 3. The van der Waals surface area contributed by atoms with Crippen molar-refractivity contribution in [2.24, 2.45) is 0 Å². The molecule has 3 N–H and O–H groups in total. The lowest BCUT2D eigenvalue weighted by atomic mass is 9.90. The van der Waals surface area contributed by atoms with Gasteiger partial charge in [0.25, 0.3) is 0 Å². The van der Waals surface area contributed by atoms with Crippen molar-refractivity contribution < 1.29 is 9.84 Å². The molecule has 2 atom stereocenters. The lowest BCUT2D eigenvalue weighted by Crippen LogP contribution is -2.45. The fourth-order valence-electron chi connectivity index (χ4n) is 2.78. The highest BCUT2D eigenvalue weighted by Crippen LogP contribution is 2.26. The minimum absolute atomic E-state index is 0.286. The minimum atomic E-state index is -0.684. The standard InChI is InChI=1S/C12H22IN3O2/c13-9(7-14)8-15-10-1-3-11(4-2-10)16-5-6-18-12(16)17/h7,9-12,14-15,17H,1-6,8H2. The highest BCUT2D eigenvalue weighted by atomic mass is 127. The van der Waals surface area contributed by atoms with Crippen LogP contribution >= 0.6 is 22.6 Å². The second-order valence-corrected chi connectivity index (χ2v) is 6.63. The van der Waals surface area contributed by atoms with E-state index in [1.165, 1.54) is 6.21 Å². The quantitative estimate of drug-likeness (QED) is 0.385. The average molecular weight is 367 g/mol. The van der Waals surface area contributed by atoms with E-state index in [1.807, 2.05) is 0 Å². The molecule has 1 saturated carbocycles. The number of ether oxygens (including phenoxy) is 1. The fraction of sp³-hybridized carbons (Fsp3) is 0.917. The van der Waals surface area contributed by atoms with Gasteiger partial charge < -0.3 is 20.6 Å². The van der Waals surface area contributed by atoms with Crippen LogP contribution in [0.25, 0.3) is 0 Å². The normalized spacial score (nSPS) is 35.6. The van der Waals surface area contributed by atoms with Gasteiger partial charge in [0.1, 0.15) is 0 Å². The Bertz CT molecular complexity index is 272. The van der Waals surface area contributed by atoms with Gasteiger partial charge in [0, 0.05) is 31.4 Å². The molecule has 2 fully saturated rings. The van der Waals surface area contributed by atoms with E-state index >= 15 is 0 Å². The van der Waals surface area contributed by atoms with Crippen LogP contribution in [-0.4, -0.2) is 58.3 Å². The van der Waals surface area contributed by atoms with Gasteiger partial charge in [0.15, 0.2) is 0 Å². The van der Waals surface area contributed by atoms with Gasteiger partial charge in [-0.2, -0.15) is 0 Å². The minimum Gasteiger partial charge on any atom is -0.356 e. The largest absolute Gasteiger partial charge is 0.356 e. The van der Waals surface area contributed by atoms with E-state index in [1.54, 1.807) is 0 Å². The number of aliphatic hydroxyl groups is 1. The molecule has 18 heavy (non-hydrogen) atoms. The first kappa shape index (κ1) is 14.6. The topological polar surface area (TPSA) is 68.6 Å². The molecule has 5 nitrogen and oxygen atoms in total. The predicted molar refractivity (Wildman–Crippen MR) is 79.3 cm³/mol. The second kappa shape index (κ2) is 7.14. The zero-order chi connectivity index (χ0) is 13.0. The highest BCUT2D eigenvalue weighted by molar-refractivity contribution is 14.1. The van der Waals surface area contributed by atoms with Gasteiger partial charge in [-0.15, -0.1) is 0 Å². The van der Waals surface area contributed by atoms with Gasteiger partial charge in [0.05, 0.1) is 10.5 Å². The first-order valence-electron chi connectivity index (χ1n) is 6.64. The molecule has 0 radical (unpaired) electrons. The third-order valence-electron chi connectivity index (χ3n) is 3.85. The summed E-state index contributed by atoms with van der Waals surface area (Å²) in [5, 5.41) is 20.4. The first-order valence-corrected chi connectivity index (χ1v) is 7.88. The number of rotatable bonds is 5. The summed E-state index contributed by atoms with van der Waals surface area (Å²) in [7, 11) is 0. The summed E-state index contributed by atoms with van der Waals surface area (Å²) >= 11 is 2.28. The molecule has 0 aromatic carbocycles. The van der Waals surface area contributed by atoms with Crippen molar-refractivity contribution in [2.45, 2.75) is 48.1 Å². The van der Waals surface area contributed by atoms with Crippen LogP contribution in [-0.2, 0) is 4.74 Å². The van der Waals surface area contributed by atoms with Gasteiger partial charge in [-0.1, -0.05) is 22.6 Å².